The number of hydrogen-bond donors (Lipinski definition) is 3. The van der Waals surface area contributed by atoms with E-state index < -0.39 is 0 Å². The molecule has 1 aliphatic rings. The number of para-hydroxylation sites is 2. The predicted octanol–water partition coefficient (Wildman–Crippen LogP) is 7.28. The van der Waals surface area contributed by atoms with Crippen molar-refractivity contribution in [2.45, 2.75) is 32.7 Å². The van der Waals surface area contributed by atoms with E-state index in [0.29, 0.717) is 22.9 Å². The number of hydrogen-bond acceptors (Lipinski definition) is 5. The first kappa shape index (κ1) is 30.5. The van der Waals surface area contributed by atoms with Crippen molar-refractivity contribution in [1.82, 2.24) is 5.32 Å². The van der Waals surface area contributed by atoms with Crippen LogP contribution in [0.5, 0.6) is 5.75 Å². The second-order valence-electron chi connectivity index (χ2n) is 11.3. The highest BCUT2D eigenvalue weighted by atomic mass is 16.5. The Morgan fingerprint density at radius 2 is 1.27 bits per heavy atom. The van der Waals surface area contributed by atoms with Crippen molar-refractivity contribution < 1.29 is 14.3 Å². The van der Waals surface area contributed by atoms with Crippen molar-refractivity contribution >= 4 is 34.7 Å². The van der Waals surface area contributed by atoms with Gasteiger partial charge in [-0.05, 0) is 66.4 Å². The van der Waals surface area contributed by atoms with Crippen LogP contribution in [0.25, 0.3) is 0 Å². The van der Waals surface area contributed by atoms with Gasteiger partial charge in [0.2, 0.25) is 0 Å². The number of urea groups is 1. The summed E-state index contributed by atoms with van der Waals surface area (Å²) < 4.78 is 5.58. The number of ether oxygens (including phenoxy) is 1. The average molecular weight is 592 g/mol. The Balaban J connectivity index is 1.34. The van der Waals surface area contributed by atoms with Gasteiger partial charge in [0.25, 0.3) is 5.91 Å². The molecular weight excluding hydrogens is 550 g/mol. The van der Waals surface area contributed by atoms with E-state index >= 15 is 0 Å². The third-order valence-corrected chi connectivity index (χ3v) is 8.03. The summed E-state index contributed by atoms with van der Waals surface area (Å²) in [6.45, 7) is 9.25. The second-order valence-corrected chi connectivity index (χ2v) is 11.3. The Hall–Kier alpha value is -4.98. The van der Waals surface area contributed by atoms with Gasteiger partial charge in [-0.2, -0.15) is 0 Å². The molecule has 0 spiro atoms. The molecule has 8 nitrogen and oxygen atoms in total. The molecule has 0 aromatic heterocycles. The predicted molar refractivity (Wildman–Crippen MR) is 179 cm³/mol. The molecule has 44 heavy (non-hydrogen) atoms. The van der Waals surface area contributed by atoms with Crippen molar-refractivity contribution in [2.24, 2.45) is 0 Å². The summed E-state index contributed by atoms with van der Waals surface area (Å²) >= 11 is 0. The maximum absolute atomic E-state index is 13.8. The minimum Gasteiger partial charge on any atom is -0.495 e. The van der Waals surface area contributed by atoms with Crippen LogP contribution in [-0.4, -0.2) is 45.2 Å². The summed E-state index contributed by atoms with van der Waals surface area (Å²) in [5.41, 5.74) is 5.87. The molecule has 1 atom stereocenters. The zero-order valence-corrected chi connectivity index (χ0v) is 25.8. The molecular formula is C36H41N5O3. The van der Waals surface area contributed by atoms with Crippen LogP contribution in [0.3, 0.4) is 0 Å². The quantitative estimate of drug-likeness (QED) is 0.190. The molecule has 228 valence electrons. The van der Waals surface area contributed by atoms with Crippen LogP contribution >= 0.6 is 0 Å². The number of rotatable bonds is 9. The lowest BCUT2D eigenvalue weighted by molar-refractivity contribution is 0.0940. The van der Waals surface area contributed by atoms with Gasteiger partial charge in [0, 0.05) is 43.2 Å². The third-order valence-electron chi connectivity index (χ3n) is 8.03. The monoisotopic (exact) mass is 591 g/mol. The highest BCUT2D eigenvalue weighted by Gasteiger charge is 2.24. The summed E-state index contributed by atoms with van der Waals surface area (Å²) in [5.74, 6) is 1.06. The maximum atomic E-state index is 13.8. The molecule has 4 aromatic carbocycles. The van der Waals surface area contributed by atoms with Crippen LogP contribution in [-0.2, 0) is 0 Å². The molecule has 1 heterocycles. The molecule has 5 rings (SSSR count). The Morgan fingerprint density at radius 1 is 0.682 bits per heavy atom. The highest BCUT2D eigenvalue weighted by Crippen LogP contribution is 2.31. The summed E-state index contributed by atoms with van der Waals surface area (Å²) in [6.07, 6.45) is 0. The van der Waals surface area contributed by atoms with Gasteiger partial charge < -0.3 is 30.5 Å². The summed E-state index contributed by atoms with van der Waals surface area (Å²) in [4.78, 5) is 31.2. The Morgan fingerprint density at radius 3 is 1.93 bits per heavy atom. The first-order valence-electron chi connectivity index (χ1n) is 15.1. The van der Waals surface area contributed by atoms with Gasteiger partial charge in [0.1, 0.15) is 5.75 Å². The molecule has 8 heteroatoms. The van der Waals surface area contributed by atoms with Crippen LogP contribution in [0, 0.1) is 0 Å². The van der Waals surface area contributed by atoms with Gasteiger partial charge in [0.15, 0.2) is 0 Å². The molecule has 0 radical (unpaired) electrons. The number of carbonyl (C=O) groups is 2. The van der Waals surface area contributed by atoms with Gasteiger partial charge in [-0.25, -0.2) is 4.79 Å². The van der Waals surface area contributed by atoms with Crippen LogP contribution in [0.15, 0.2) is 97.1 Å². The summed E-state index contributed by atoms with van der Waals surface area (Å²) in [5, 5.41) is 8.95. The van der Waals surface area contributed by atoms with Gasteiger partial charge >= 0.3 is 6.03 Å². The number of methoxy groups -OCH3 is 1. The molecule has 1 fully saturated rings. The van der Waals surface area contributed by atoms with Gasteiger partial charge in [-0.15, -0.1) is 0 Å². The van der Waals surface area contributed by atoms with Gasteiger partial charge in [0.05, 0.1) is 24.4 Å². The lowest BCUT2D eigenvalue weighted by atomic mass is 10.0. The molecule has 0 aliphatic carbocycles. The topological polar surface area (TPSA) is 85.9 Å². The normalized spacial score (nSPS) is 13.8. The molecule has 0 saturated carbocycles. The molecule has 1 unspecified atom stereocenters. The number of amides is 3. The van der Waals surface area contributed by atoms with E-state index in [2.05, 4.69) is 45.7 Å². The number of anilines is 4. The molecule has 1 saturated heterocycles. The van der Waals surface area contributed by atoms with E-state index in [1.165, 1.54) is 5.56 Å². The van der Waals surface area contributed by atoms with Crippen LogP contribution in [0.2, 0.25) is 0 Å². The van der Waals surface area contributed by atoms with Crippen molar-refractivity contribution in [3.05, 3.63) is 114 Å². The van der Waals surface area contributed by atoms with Crippen molar-refractivity contribution in [3.63, 3.8) is 0 Å². The standard InChI is InChI=1S/C36H41N5O3/c1-25(2)27-14-16-29(17-15-27)38-36(43)39-30-18-19-32(31(24-30)35(42)37-26(3)28-10-6-5-7-11-28)40-20-22-41(23-21-40)33-12-8-9-13-34(33)44-4/h5-19,24-26H,20-23H2,1-4H3,(H,37,42)(H2,38,39,43). The maximum Gasteiger partial charge on any atom is 0.323 e. The van der Waals surface area contributed by atoms with E-state index in [4.69, 9.17) is 4.74 Å². The van der Waals surface area contributed by atoms with Crippen molar-refractivity contribution in [2.75, 3.05) is 53.7 Å². The average Bonchev–Trinajstić information content (AvgIpc) is 3.05. The Labute approximate surface area is 260 Å². The van der Waals surface area contributed by atoms with Gasteiger partial charge in [-0.3, -0.25) is 4.79 Å². The fourth-order valence-electron chi connectivity index (χ4n) is 5.49. The number of carbonyl (C=O) groups excluding carboxylic acids is 2. The van der Waals surface area contributed by atoms with E-state index in [1.54, 1.807) is 13.2 Å². The van der Waals surface area contributed by atoms with Crippen molar-refractivity contribution in [1.29, 1.82) is 0 Å². The van der Waals surface area contributed by atoms with E-state index in [0.717, 1.165) is 48.9 Å². The highest BCUT2D eigenvalue weighted by molar-refractivity contribution is 6.04. The zero-order valence-electron chi connectivity index (χ0n) is 25.8. The number of benzene rings is 4. The summed E-state index contributed by atoms with van der Waals surface area (Å²) in [6, 6.07) is 30.7. The smallest absolute Gasteiger partial charge is 0.323 e. The van der Waals surface area contributed by atoms with E-state index in [1.807, 2.05) is 91.9 Å². The third kappa shape index (κ3) is 7.32. The number of nitrogens with zero attached hydrogens (tertiary/aromatic N) is 2. The largest absolute Gasteiger partial charge is 0.495 e. The van der Waals surface area contributed by atoms with E-state index in [-0.39, 0.29) is 18.0 Å². The first-order chi connectivity index (χ1) is 21.3. The molecule has 3 N–H and O–H groups in total. The lowest BCUT2D eigenvalue weighted by Crippen LogP contribution is -2.47. The molecule has 1 aliphatic heterocycles. The molecule has 4 aromatic rings. The minimum atomic E-state index is -0.371. The fraction of sp³-hybridized carbons (Fsp3) is 0.278. The van der Waals surface area contributed by atoms with Gasteiger partial charge in [-0.1, -0.05) is 68.4 Å². The van der Waals surface area contributed by atoms with E-state index in [9.17, 15) is 9.59 Å². The molecule has 0 bridgehead atoms. The van der Waals surface area contributed by atoms with Crippen molar-refractivity contribution in [3.8, 4) is 5.75 Å². The number of piperazine rings is 1. The van der Waals surface area contributed by atoms with Crippen LogP contribution < -0.4 is 30.5 Å². The minimum absolute atomic E-state index is 0.187. The zero-order chi connectivity index (χ0) is 31.1. The summed E-state index contributed by atoms with van der Waals surface area (Å²) in [7, 11) is 1.69. The Bertz CT molecular complexity index is 1560. The number of nitrogens with one attached hydrogen (secondary N) is 3. The second kappa shape index (κ2) is 14.0. The van der Waals surface area contributed by atoms with Crippen LogP contribution in [0.1, 0.15) is 54.2 Å². The SMILES string of the molecule is COc1ccccc1N1CCN(c2ccc(NC(=O)Nc3ccc(C(C)C)cc3)cc2C(=O)NC(C)c2ccccc2)CC1. The van der Waals surface area contributed by atoms with Crippen LogP contribution in [0.4, 0.5) is 27.5 Å². The lowest BCUT2D eigenvalue weighted by Gasteiger charge is -2.38. The molecule has 3 amide bonds. The first-order valence-corrected chi connectivity index (χ1v) is 15.1. The Kier molecular flexibility index (Phi) is 9.69. The fourth-order valence-corrected chi connectivity index (χ4v) is 5.49.